The number of hydrogen-bond acceptors (Lipinski definition) is 5. The topological polar surface area (TPSA) is 81.1 Å². The molecule has 5 aromatic rings. The van der Waals surface area contributed by atoms with Gasteiger partial charge in [0.25, 0.3) is 0 Å². The Labute approximate surface area is 152 Å². The van der Waals surface area contributed by atoms with E-state index in [0.717, 1.165) is 11.1 Å². The highest BCUT2D eigenvalue weighted by molar-refractivity contribution is 6.30. The van der Waals surface area contributed by atoms with Gasteiger partial charge < -0.3 is 5.11 Å². The van der Waals surface area contributed by atoms with Crippen molar-refractivity contribution in [3.05, 3.63) is 66.1 Å². The van der Waals surface area contributed by atoms with Crippen molar-refractivity contribution < 1.29 is 5.11 Å². The molecule has 0 aliphatic carbocycles. The first-order chi connectivity index (χ1) is 12.7. The van der Waals surface area contributed by atoms with E-state index in [1.165, 1.54) is 0 Å². The Bertz CT molecular complexity index is 1280. The van der Waals surface area contributed by atoms with E-state index in [1.54, 1.807) is 45.9 Å². The summed E-state index contributed by atoms with van der Waals surface area (Å²) >= 11 is 6.08. The van der Waals surface area contributed by atoms with Crippen LogP contribution < -0.4 is 0 Å². The summed E-state index contributed by atoms with van der Waals surface area (Å²) in [5.41, 5.74) is 2.66. The molecule has 0 spiro atoms. The van der Waals surface area contributed by atoms with Crippen molar-refractivity contribution in [2.24, 2.45) is 0 Å². The van der Waals surface area contributed by atoms with Gasteiger partial charge in [-0.1, -0.05) is 29.8 Å². The van der Waals surface area contributed by atoms with E-state index in [2.05, 4.69) is 20.3 Å². The predicted octanol–water partition coefficient (Wildman–Crippen LogP) is 3.49. The summed E-state index contributed by atoms with van der Waals surface area (Å²) in [5.74, 6) is 0.652. The lowest BCUT2D eigenvalue weighted by Crippen LogP contribution is -1.99. The molecule has 0 saturated carbocycles. The average Bonchev–Trinajstić information content (AvgIpc) is 3.26. The van der Waals surface area contributed by atoms with Gasteiger partial charge in [-0.25, -0.2) is 9.67 Å². The highest BCUT2D eigenvalue weighted by atomic mass is 35.5. The molecule has 3 aromatic heterocycles. The molecule has 0 radical (unpaired) electrons. The fourth-order valence-electron chi connectivity index (χ4n) is 2.96. The van der Waals surface area contributed by atoms with Gasteiger partial charge in [-0.2, -0.15) is 5.10 Å². The molecule has 0 aliphatic rings. The fourth-order valence-corrected chi connectivity index (χ4v) is 3.15. The van der Waals surface area contributed by atoms with Crippen molar-refractivity contribution in [1.82, 2.24) is 29.4 Å². The zero-order valence-corrected chi connectivity index (χ0v) is 14.0. The third kappa shape index (κ3) is 2.14. The van der Waals surface area contributed by atoms with Crippen LogP contribution >= 0.6 is 11.6 Å². The van der Waals surface area contributed by atoms with E-state index in [0.29, 0.717) is 27.7 Å². The monoisotopic (exact) mass is 362 g/mol. The standard InChI is InChI=1S/C18H11ClN6O/c19-11-4-3-5-12(8-11)25-16-14(9-21-25)18-23-22-17(24(18)10-20-16)13-6-1-2-7-15(13)26/h1-10,26H. The van der Waals surface area contributed by atoms with Crippen molar-refractivity contribution in [2.45, 2.75) is 0 Å². The summed E-state index contributed by atoms with van der Waals surface area (Å²) in [6.45, 7) is 0. The average molecular weight is 363 g/mol. The second-order valence-electron chi connectivity index (χ2n) is 5.75. The first-order valence-electron chi connectivity index (χ1n) is 7.84. The van der Waals surface area contributed by atoms with Crippen LogP contribution in [0.25, 0.3) is 33.8 Å². The molecule has 2 aromatic carbocycles. The Morgan fingerprint density at radius 1 is 0.962 bits per heavy atom. The maximum atomic E-state index is 10.1. The van der Waals surface area contributed by atoms with Gasteiger partial charge in [-0.15, -0.1) is 10.2 Å². The normalized spacial score (nSPS) is 11.4. The van der Waals surface area contributed by atoms with E-state index < -0.39 is 0 Å². The van der Waals surface area contributed by atoms with Crippen LogP contribution in [-0.4, -0.2) is 34.5 Å². The van der Waals surface area contributed by atoms with Gasteiger partial charge in [0.05, 0.1) is 22.8 Å². The number of phenolic OH excluding ortho intramolecular Hbond substituents is 1. The van der Waals surface area contributed by atoms with E-state index in [9.17, 15) is 5.11 Å². The molecule has 0 amide bonds. The Balaban J connectivity index is 1.75. The number of aromatic nitrogens is 6. The maximum Gasteiger partial charge on any atom is 0.175 e. The lowest BCUT2D eigenvalue weighted by atomic mass is 10.2. The quantitative estimate of drug-likeness (QED) is 0.520. The molecule has 1 N–H and O–H groups in total. The Hall–Kier alpha value is -3.45. The third-order valence-corrected chi connectivity index (χ3v) is 4.41. The number of nitrogens with zero attached hydrogens (tertiary/aromatic N) is 6. The molecule has 0 unspecified atom stereocenters. The lowest BCUT2D eigenvalue weighted by Gasteiger charge is -2.04. The second-order valence-corrected chi connectivity index (χ2v) is 6.19. The highest BCUT2D eigenvalue weighted by Crippen LogP contribution is 2.29. The minimum Gasteiger partial charge on any atom is -0.507 e. The molecular formula is C18H11ClN6O. The van der Waals surface area contributed by atoms with Crippen LogP contribution in [0, 0.1) is 0 Å². The molecule has 0 saturated heterocycles. The number of benzene rings is 2. The molecule has 3 heterocycles. The number of hydrogen-bond donors (Lipinski definition) is 1. The third-order valence-electron chi connectivity index (χ3n) is 4.17. The Kier molecular flexibility index (Phi) is 3.16. The number of halogens is 1. The molecule has 7 nitrogen and oxygen atoms in total. The number of para-hydroxylation sites is 1. The molecule has 126 valence electrons. The maximum absolute atomic E-state index is 10.1. The summed E-state index contributed by atoms with van der Waals surface area (Å²) in [4.78, 5) is 4.52. The minimum atomic E-state index is 0.136. The number of fused-ring (bicyclic) bond motifs is 3. The molecule has 0 fully saturated rings. The summed E-state index contributed by atoms with van der Waals surface area (Å²) in [6.07, 6.45) is 3.32. The highest BCUT2D eigenvalue weighted by Gasteiger charge is 2.16. The van der Waals surface area contributed by atoms with Crippen LogP contribution in [0.3, 0.4) is 0 Å². The summed E-state index contributed by atoms with van der Waals surface area (Å²) in [6, 6.07) is 14.4. The number of phenols is 1. The van der Waals surface area contributed by atoms with Gasteiger partial charge in [0.15, 0.2) is 17.1 Å². The van der Waals surface area contributed by atoms with Gasteiger partial charge in [0.2, 0.25) is 0 Å². The van der Waals surface area contributed by atoms with Crippen molar-refractivity contribution in [2.75, 3.05) is 0 Å². The van der Waals surface area contributed by atoms with E-state index >= 15 is 0 Å². The lowest BCUT2D eigenvalue weighted by molar-refractivity contribution is 0.477. The van der Waals surface area contributed by atoms with Crippen LogP contribution in [0.2, 0.25) is 5.02 Å². The van der Waals surface area contributed by atoms with Gasteiger partial charge in [0, 0.05) is 5.02 Å². The summed E-state index contributed by atoms with van der Waals surface area (Å²) in [5, 5.41) is 24.4. The summed E-state index contributed by atoms with van der Waals surface area (Å²) in [7, 11) is 0. The molecule has 5 rings (SSSR count). The van der Waals surface area contributed by atoms with Crippen LogP contribution in [0.4, 0.5) is 0 Å². The predicted molar refractivity (Wildman–Crippen MR) is 97.5 cm³/mol. The van der Waals surface area contributed by atoms with Gasteiger partial charge in [-0.3, -0.25) is 4.40 Å². The SMILES string of the molecule is Oc1ccccc1-c1nnc2c3cnn(-c4cccc(Cl)c4)c3ncn12. The largest absolute Gasteiger partial charge is 0.507 e. The molecular weight excluding hydrogens is 352 g/mol. The first-order valence-corrected chi connectivity index (χ1v) is 8.22. The molecule has 0 bridgehead atoms. The van der Waals surface area contributed by atoms with Gasteiger partial charge >= 0.3 is 0 Å². The fraction of sp³-hybridized carbons (Fsp3) is 0. The van der Waals surface area contributed by atoms with Crippen molar-refractivity contribution in [3.8, 4) is 22.8 Å². The van der Waals surface area contributed by atoms with Crippen LogP contribution in [0.15, 0.2) is 61.1 Å². The second kappa shape index (κ2) is 5.53. The number of rotatable bonds is 2. The van der Waals surface area contributed by atoms with Crippen molar-refractivity contribution in [3.63, 3.8) is 0 Å². The summed E-state index contributed by atoms with van der Waals surface area (Å²) < 4.78 is 3.44. The molecule has 0 atom stereocenters. The zero-order chi connectivity index (χ0) is 17.7. The molecule has 26 heavy (non-hydrogen) atoms. The Morgan fingerprint density at radius 2 is 1.85 bits per heavy atom. The van der Waals surface area contributed by atoms with Crippen LogP contribution in [-0.2, 0) is 0 Å². The van der Waals surface area contributed by atoms with E-state index in [-0.39, 0.29) is 5.75 Å². The van der Waals surface area contributed by atoms with Gasteiger partial charge in [0.1, 0.15) is 12.1 Å². The van der Waals surface area contributed by atoms with Crippen molar-refractivity contribution >= 4 is 28.3 Å². The zero-order valence-electron chi connectivity index (χ0n) is 13.3. The van der Waals surface area contributed by atoms with E-state index in [4.69, 9.17) is 11.6 Å². The van der Waals surface area contributed by atoms with Crippen LogP contribution in [0.1, 0.15) is 0 Å². The number of aromatic hydroxyl groups is 1. The van der Waals surface area contributed by atoms with Gasteiger partial charge in [-0.05, 0) is 30.3 Å². The van der Waals surface area contributed by atoms with Crippen molar-refractivity contribution in [1.29, 1.82) is 0 Å². The molecule has 8 heteroatoms. The Morgan fingerprint density at radius 3 is 2.69 bits per heavy atom. The first kappa shape index (κ1) is 14.9. The molecule has 0 aliphatic heterocycles. The smallest absolute Gasteiger partial charge is 0.175 e. The van der Waals surface area contributed by atoms with Crippen LogP contribution in [0.5, 0.6) is 5.75 Å². The minimum absolute atomic E-state index is 0.136. The van der Waals surface area contributed by atoms with E-state index in [1.807, 2.05) is 24.3 Å².